The summed E-state index contributed by atoms with van der Waals surface area (Å²) in [6, 6.07) is 17.7. The summed E-state index contributed by atoms with van der Waals surface area (Å²) >= 11 is 0. The van der Waals surface area contributed by atoms with Gasteiger partial charge in [0.1, 0.15) is 11.4 Å². The molecule has 6 nitrogen and oxygen atoms in total. The Bertz CT molecular complexity index is 1100. The van der Waals surface area contributed by atoms with Gasteiger partial charge in [-0.2, -0.15) is 0 Å². The molecule has 2 heterocycles. The Labute approximate surface area is 210 Å². The van der Waals surface area contributed by atoms with Crippen molar-refractivity contribution < 1.29 is 17.9 Å². The summed E-state index contributed by atoms with van der Waals surface area (Å²) in [7, 11) is -3.39. The number of fused-ring (bicyclic) bond motifs is 1. The fraction of sp³-hybridized carbons (Fsp3) is 0.536. The van der Waals surface area contributed by atoms with Gasteiger partial charge in [-0.15, -0.1) is 0 Å². The molecule has 2 aromatic carbocycles. The van der Waals surface area contributed by atoms with Crippen LogP contribution in [0.15, 0.2) is 54.6 Å². The van der Waals surface area contributed by atoms with E-state index in [-0.39, 0.29) is 35.8 Å². The third-order valence-electron chi connectivity index (χ3n) is 7.66. The number of hydrogen-bond donors (Lipinski definition) is 1. The van der Waals surface area contributed by atoms with E-state index in [4.69, 9.17) is 4.74 Å². The van der Waals surface area contributed by atoms with Gasteiger partial charge in [0.2, 0.25) is 15.9 Å². The molecule has 0 radical (unpaired) electrons. The largest absolute Gasteiger partial charge is 0.487 e. The molecule has 0 aliphatic carbocycles. The Morgan fingerprint density at radius 1 is 1.09 bits per heavy atom. The molecule has 2 atom stereocenters. The van der Waals surface area contributed by atoms with Crippen LogP contribution in [0.4, 0.5) is 0 Å². The van der Waals surface area contributed by atoms with Crippen molar-refractivity contribution in [2.24, 2.45) is 5.92 Å². The van der Waals surface area contributed by atoms with Crippen LogP contribution in [0.5, 0.6) is 5.75 Å². The minimum Gasteiger partial charge on any atom is -0.487 e. The summed E-state index contributed by atoms with van der Waals surface area (Å²) in [5, 5.41) is 3.26. The second-order valence-corrected chi connectivity index (χ2v) is 12.0. The van der Waals surface area contributed by atoms with Gasteiger partial charge in [-0.3, -0.25) is 4.79 Å². The van der Waals surface area contributed by atoms with Crippen LogP contribution in [0.2, 0.25) is 0 Å². The van der Waals surface area contributed by atoms with Crippen LogP contribution in [0.3, 0.4) is 0 Å². The van der Waals surface area contributed by atoms with Crippen molar-refractivity contribution in [2.75, 3.05) is 18.8 Å². The van der Waals surface area contributed by atoms with Gasteiger partial charge in [0, 0.05) is 25.1 Å². The highest BCUT2D eigenvalue weighted by Crippen LogP contribution is 2.42. The third-order valence-corrected chi connectivity index (χ3v) is 9.58. The number of para-hydroxylation sites is 1. The van der Waals surface area contributed by atoms with E-state index in [9.17, 15) is 13.2 Å². The number of aryl methyl sites for hydroxylation is 1. The molecule has 1 N–H and O–H groups in total. The molecule has 2 aromatic rings. The zero-order valence-corrected chi connectivity index (χ0v) is 21.7. The first-order valence-corrected chi connectivity index (χ1v) is 14.6. The van der Waals surface area contributed by atoms with Gasteiger partial charge in [0.25, 0.3) is 0 Å². The molecule has 0 spiro atoms. The summed E-state index contributed by atoms with van der Waals surface area (Å²) in [4.78, 5) is 13.4. The van der Waals surface area contributed by atoms with E-state index in [1.807, 2.05) is 54.6 Å². The molecular formula is C28H38N2O4S. The number of carbonyl (C=O) groups is 1. The van der Waals surface area contributed by atoms with Crippen molar-refractivity contribution in [1.29, 1.82) is 0 Å². The molecule has 1 amide bonds. The van der Waals surface area contributed by atoms with E-state index in [2.05, 4.69) is 19.2 Å². The highest BCUT2D eigenvalue weighted by atomic mass is 32.2. The maximum atomic E-state index is 13.4. The number of nitrogens with zero attached hydrogens (tertiary/aromatic N) is 1. The monoisotopic (exact) mass is 498 g/mol. The van der Waals surface area contributed by atoms with Crippen LogP contribution in [-0.2, 0) is 21.2 Å². The number of hydrogen-bond acceptors (Lipinski definition) is 4. The lowest BCUT2D eigenvalue weighted by Gasteiger charge is -2.42. The lowest BCUT2D eigenvalue weighted by atomic mass is 9.83. The van der Waals surface area contributed by atoms with Crippen molar-refractivity contribution in [1.82, 2.24) is 9.62 Å². The topological polar surface area (TPSA) is 75.7 Å². The average molecular weight is 499 g/mol. The summed E-state index contributed by atoms with van der Waals surface area (Å²) in [6.07, 6.45) is 5.17. The zero-order valence-electron chi connectivity index (χ0n) is 20.9. The lowest BCUT2D eigenvalue weighted by molar-refractivity contribution is -0.127. The smallest absolute Gasteiger partial charge is 0.224 e. The first-order chi connectivity index (χ1) is 16.9. The minimum absolute atomic E-state index is 0.0583. The summed E-state index contributed by atoms with van der Waals surface area (Å²) < 4.78 is 34.0. The van der Waals surface area contributed by atoms with Gasteiger partial charge >= 0.3 is 0 Å². The Morgan fingerprint density at radius 2 is 1.80 bits per heavy atom. The Morgan fingerprint density at radius 3 is 2.54 bits per heavy atom. The Hall–Kier alpha value is -2.38. The Kier molecular flexibility index (Phi) is 8.17. The van der Waals surface area contributed by atoms with Crippen molar-refractivity contribution >= 4 is 15.9 Å². The van der Waals surface area contributed by atoms with Gasteiger partial charge < -0.3 is 10.1 Å². The first-order valence-electron chi connectivity index (χ1n) is 13.0. The summed E-state index contributed by atoms with van der Waals surface area (Å²) in [5.74, 6) is 0.551. The Balaban J connectivity index is 1.39. The van der Waals surface area contributed by atoms with Gasteiger partial charge in [0.15, 0.2) is 0 Å². The van der Waals surface area contributed by atoms with Crippen LogP contribution in [0.25, 0.3) is 0 Å². The first kappa shape index (κ1) is 25.7. The van der Waals surface area contributed by atoms with Crippen molar-refractivity contribution in [3.8, 4) is 5.75 Å². The number of rotatable bonds is 9. The standard InChI is InChI=1S/C28H38N2O4S/c1-3-28(4-2)20-25(24-16-8-9-17-26(24)34-28)29-27(31)23-15-10-18-30(21-23)35(32,33)19-11-14-22-12-6-5-7-13-22/h5-9,12-13,16-17,23,25H,3-4,10-11,14-15,18-21H2,1-2H3,(H,29,31)/t23-,25-/m0/s1. The van der Waals surface area contributed by atoms with E-state index < -0.39 is 10.0 Å². The molecule has 4 rings (SSSR count). The minimum atomic E-state index is -3.39. The van der Waals surface area contributed by atoms with Gasteiger partial charge in [-0.05, 0) is 50.2 Å². The molecule has 35 heavy (non-hydrogen) atoms. The molecule has 1 saturated heterocycles. The molecule has 2 aliphatic heterocycles. The van der Waals surface area contributed by atoms with Gasteiger partial charge in [-0.1, -0.05) is 62.4 Å². The summed E-state index contributed by atoms with van der Waals surface area (Å²) in [5.41, 5.74) is 1.85. The van der Waals surface area contributed by atoms with Crippen LogP contribution in [-0.4, -0.2) is 43.1 Å². The number of piperidine rings is 1. The number of sulfonamides is 1. The quantitative estimate of drug-likeness (QED) is 0.536. The average Bonchev–Trinajstić information content (AvgIpc) is 2.89. The zero-order chi connectivity index (χ0) is 24.9. The molecule has 1 fully saturated rings. The molecule has 0 bridgehead atoms. The predicted molar refractivity (Wildman–Crippen MR) is 139 cm³/mol. The molecule has 0 aromatic heterocycles. The van der Waals surface area contributed by atoms with Crippen molar-refractivity contribution in [3.05, 3.63) is 65.7 Å². The number of ether oxygens (including phenoxy) is 1. The van der Waals surface area contributed by atoms with Gasteiger partial charge in [-0.25, -0.2) is 12.7 Å². The van der Waals surface area contributed by atoms with Crippen LogP contribution in [0, 0.1) is 5.92 Å². The molecule has 0 unspecified atom stereocenters. The van der Waals surface area contributed by atoms with Crippen molar-refractivity contribution in [3.63, 3.8) is 0 Å². The van der Waals surface area contributed by atoms with Crippen LogP contribution in [0.1, 0.15) is 69.5 Å². The maximum Gasteiger partial charge on any atom is 0.224 e. The van der Waals surface area contributed by atoms with Crippen molar-refractivity contribution in [2.45, 2.75) is 70.4 Å². The highest BCUT2D eigenvalue weighted by Gasteiger charge is 2.40. The van der Waals surface area contributed by atoms with E-state index in [1.54, 1.807) is 0 Å². The van der Waals surface area contributed by atoms with Crippen LogP contribution < -0.4 is 10.1 Å². The van der Waals surface area contributed by atoms with E-state index in [0.717, 1.165) is 42.6 Å². The maximum absolute atomic E-state index is 13.4. The van der Waals surface area contributed by atoms with E-state index in [1.165, 1.54) is 4.31 Å². The number of benzene rings is 2. The molecule has 7 heteroatoms. The fourth-order valence-corrected chi connectivity index (χ4v) is 6.94. The number of nitrogens with one attached hydrogen (secondary N) is 1. The molecule has 190 valence electrons. The molecule has 2 aliphatic rings. The third kappa shape index (κ3) is 6.07. The predicted octanol–water partition coefficient (Wildman–Crippen LogP) is 4.86. The summed E-state index contributed by atoms with van der Waals surface area (Å²) in [6.45, 7) is 5.00. The number of carbonyl (C=O) groups excluding carboxylic acids is 1. The second kappa shape index (κ2) is 11.1. The normalized spacial score (nSPS) is 22.1. The van der Waals surface area contributed by atoms with E-state index in [0.29, 0.717) is 25.8 Å². The highest BCUT2D eigenvalue weighted by molar-refractivity contribution is 7.89. The lowest BCUT2D eigenvalue weighted by Crippen LogP contribution is -2.49. The SMILES string of the molecule is CCC1(CC)C[C@H](NC(=O)[C@H]2CCCN(S(=O)(=O)CCCc3ccccc3)C2)c2ccccc2O1. The fourth-order valence-electron chi connectivity index (χ4n) is 5.36. The number of amides is 1. The molecule has 0 saturated carbocycles. The van der Waals surface area contributed by atoms with Crippen LogP contribution >= 0.6 is 0 Å². The molecular weight excluding hydrogens is 460 g/mol. The van der Waals surface area contributed by atoms with Gasteiger partial charge in [0.05, 0.1) is 17.7 Å². The second-order valence-electron chi connectivity index (χ2n) is 9.90. The van der Waals surface area contributed by atoms with E-state index >= 15 is 0 Å².